The minimum atomic E-state index is -4.02. The van der Waals surface area contributed by atoms with Gasteiger partial charge in [-0.15, -0.1) is 0 Å². The largest absolute Gasteiger partial charge is 0.285 e. The summed E-state index contributed by atoms with van der Waals surface area (Å²) in [6.45, 7) is 2.10. The van der Waals surface area contributed by atoms with Crippen LogP contribution in [-0.4, -0.2) is 23.3 Å². The van der Waals surface area contributed by atoms with Crippen LogP contribution in [0.3, 0.4) is 0 Å². The molecule has 0 amide bonds. The molecule has 1 N–H and O–H groups in total. The number of hydrogen-bond acceptors (Lipinski definition) is 3. The highest BCUT2D eigenvalue weighted by Gasteiger charge is 2.22. The van der Waals surface area contributed by atoms with E-state index in [9.17, 15) is 8.42 Å². The van der Waals surface area contributed by atoms with Gasteiger partial charge in [0.2, 0.25) is 0 Å². The molecule has 0 bridgehead atoms. The molecule has 88 valence electrons. The van der Waals surface area contributed by atoms with Crippen molar-refractivity contribution in [1.82, 2.24) is 0 Å². The molecule has 0 aromatic carbocycles. The van der Waals surface area contributed by atoms with Gasteiger partial charge in [-0.3, -0.25) is 4.55 Å². The van der Waals surface area contributed by atoms with E-state index in [2.05, 4.69) is 25.0 Å². The lowest BCUT2D eigenvalue weighted by molar-refractivity contribution is 0.480. The molecule has 2 atom stereocenters. The molecule has 3 nitrogen and oxygen atoms in total. The molecule has 0 saturated carbocycles. The average Bonchev–Trinajstić information content (AvgIpc) is 2.52. The zero-order chi connectivity index (χ0) is 11.5. The Morgan fingerprint density at radius 1 is 1.60 bits per heavy atom. The second-order valence-electron chi connectivity index (χ2n) is 3.37. The topological polar surface area (TPSA) is 54.4 Å². The van der Waals surface area contributed by atoms with Crippen LogP contribution in [0.5, 0.6) is 0 Å². The van der Waals surface area contributed by atoms with Crippen LogP contribution < -0.4 is 0 Å². The van der Waals surface area contributed by atoms with Crippen molar-refractivity contribution in [2.75, 3.05) is 5.75 Å². The van der Waals surface area contributed by atoms with Gasteiger partial charge in [0, 0.05) is 6.42 Å². The third kappa shape index (κ3) is 3.86. The Morgan fingerprint density at radius 2 is 2.27 bits per heavy atom. The molecular formula is C9H16O3S3. The zero-order valence-corrected chi connectivity index (χ0v) is 11.1. The Morgan fingerprint density at radius 3 is 2.80 bits per heavy atom. The Labute approximate surface area is 99.1 Å². The van der Waals surface area contributed by atoms with Crippen LogP contribution in [0.2, 0.25) is 0 Å². The first kappa shape index (κ1) is 13.2. The van der Waals surface area contributed by atoms with E-state index in [0.717, 1.165) is 17.1 Å². The first-order valence-corrected chi connectivity index (χ1v) is 8.35. The van der Waals surface area contributed by atoms with E-state index >= 15 is 0 Å². The van der Waals surface area contributed by atoms with Gasteiger partial charge in [0.05, 0.1) is 0 Å². The summed E-state index contributed by atoms with van der Waals surface area (Å²) in [6.07, 6.45) is 5.30. The summed E-state index contributed by atoms with van der Waals surface area (Å²) in [4.78, 5) is 1.10. The van der Waals surface area contributed by atoms with Crippen LogP contribution in [0.15, 0.2) is 22.5 Å². The predicted molar refractivity (Wildman–Crippen MR) is 70.3 cm³/mol. The van der Waals surface area contributed by atoms with Gasteiger partial charge in [-0.05, 0) is 22.5 Å². The number of hydrogen-bond donors (Lipinski definition) is 3. The fraction of sp³-hybridized carbons (Fsp3) is 0.556. The standard InChI is InChI=1S/C9H16O3S3/c1-2-5-14-6-3-4-8(14)7-9(13)15(10,11)12/h3-4,6,9,13-14H,2,5,7H2,1H3,(H,10,11,12). The van der Waals surface area contributed by atoms with E-state index in [0.29, 0.717) is 6.42 Å². The van der Waals surface area contributed by atoms with Crippen LogP contribution in [0, 0.1) is 0 Å². The fourth-order valence-electron chi connectivity index (χ4n) is 1.38. The summed E-state index contributed by atoms with van der Waals surface area (Å²) in [5, 5.41) is 2.12. The lowest BCUT2D eigenvalue weighted by atomic mass is 10.4. The molecule has 1 rings (SSSR count). The van der Waals surface area contributed by atoms with E-state index in [4.69, 9.17) is 4.55 Å². The molecule has 0 fully saturated rings. The molecule has 2 unspecified atom stereocenters. The molecule has 1 aliphatic heterocycles. The van der Waals surface area contributed by atoms with Crippen molar-refractivity contribution in [2.45, 2.75) is 24.3 Å². The van der Waals surface area contributed by atoms with Crippen LogP contribution in [0.1, 0.15) is 19.8 Å². The minimum Gasteiger partial charge on any atom is -0.285 e. The summed E-state index contributed by atoms with van der Waals surface area (Å²) >= 11 is 3.90. The smallest absolute Gasteiger partial charge is 0.277 e. The molecule has 15 heavy (non-hydrogen) atoms. The second-order valence-corrected chi connectivity index (χ2v) is 8.20. The predicted octanol–water partition coefficient (Wildman–Crippen LogP) is 2.34. The Balaban J connectivity index is 2.60. The molecule has 6 heteroatoms. The van der Waals surface area contributed by atoms with Gasteiger partial charge < -0.3 is 0 Å². The maximum absolute atomic E-state index is 10.8. The van der Waals surface area contributed by atoms with Crippen molar-refractivity contribution in [3.05, 3.63) is 22.5 Å². The highest BCUT2D eigenvalue weighted by atomic mass is 32.3. The van der Waals surface area contributed by atoms with Crippen molar-refractivity contribution in [2.24, 2.45) is 0 Å². The van der Waals surface area contributed by atoms with Gasteiger partial charge in [-0.1, -0.05) is 19.1 Å². The van der Waals surface area contributed by atoms with E-state index in [1.54, 1.807) is 0 Å². The highest BCUT2D eigenvalue weighted by Crippen LogP contribution is 2.44. The fourth-order valence-corrected chi connectivity index (χ4v) is 4.33. The van der Waals surface area contributed by atoms with Crippen molar-refractivity contribution in [3.63, 3.8) is 0 Å². The van der Waals surface area contributed by atoms with E-state index < -0.39 is 14.7 Å². The zero-order valence-electron chi connectivity index (χ0n) is 8.50. The normalized spacial score (nSPS) is 25.3. The second kappa shape index (κ2) is 5.43. The van der Waals surface area contributed by atoms with Crippen molar-refractivity contribution in [3.8, 4) is 0 Å². The van der Waals surface area contributed by atoms with Crippen molar-refractivity contribution >= 4 is 33.6 Å². The summed E-state index contributed by atoms with van der Waals surface area (Å²) in [6, 6.07) is 0. The quantitative estimate of drug-likeness (QED) is 0.530. The first-order chi connectivity index (χ1) is 6.95. The van der Waals surface area contributed by atoms with Gasteiger partial charge in [0.25, 0.3) is 10.1 Å². The van der Waals surface area contributed by atoms with Crippen molar-refractivity contribution in [1.29, 1.82) is 0 Å². The van der Waals surface area contributed by atoms with Gasteiger partial charge in [-0.25, -0.2) is 10.9 Å². The average molecular weight is 268 g/mol. The Kier molecular flexibility index (Phi) is 4.76. The third-order valence-corrected chi connectivity index (χ3v) is 6.48. The SMILES string of the molecule is CCC[SH]1C=CC=C1CC(S)S(=O)(=O)O. The van der Waals surface area contributed by atoms with Gasteiger partial charge in [0.15, 0.2) is 0 Å². The molecule has 0 aromatic rings. The Hall–Kier alpha value is 0.0900. The molecule has 1 aliphatic rings. The Bertz CT molecular complexity index is 370. The van der Waals surface area contributed by atoms with Crippen LogP contribution in [0.4, 0.5) is 0 Å². The minimum absolute atomic E-state index is 0.320. The molecule has 0 saturated heterocycles. The molecule has 0 aromatic heterocycles. The van der Waals surface area contributed by atoms with Crippen molar-refractivity contribution < 1.29 is 13.0 Å². The van der Waals surface area contributed by atoms with Crippen LogP contribution in [-0.2, 0) is 10.1 Å². The maximum Gasteiger partial charge on any atom is 0.277 e. The van der Waals surface area contributed by atoms with Crippen LogP contribution in [0.25, 0.3) is 0 Å². The highest BCUT2D eigenvalue weighted by molar-refractivity contribution is 8.23. The van der Waals surface area contributed by atoms with E-state index in [1.165, 1.54) is 0 Å². The van der Waals surface area contributed by atoms with Gasteiger partial charge in [-0.2, -0.15) is 21.0 Å². The van der Waals surface area contributed by atoms with Crippen LogP contribution >= 0.6 is 23.5 Å². The number of thiol groups is 2. The lowest BCUT2D eigenvalue weighted by Crippen LogP contribution is -2.14. The molecule has 0 radical (unpaired) electrons. The monoisotopic (exact) mass is 268 g/mol. The molecule has 0 spiro atoms. The first-order valence-electron chi connectivity index (χ1n) is 4.73. The summed E-state index contributed by atoms with van der Waals surface area (Å²) in [5.74, 6) is 1.07. The van der Waals surface area contributed by atoms with E-state index in [1.807, 2.05) is 12.2 Å². The summed E-state index contributed by atoms with van der Waals surface area (Å²) in [5.41, 5.74) is 0. The van der Waals surface area contributed by atoms with E-state index in [-0.39, 0.29) is 10.9 Å². The van der Waals surface area contributed by atoms with Gasteiger partial charge >= 0.3 is 0 Å². The summed E-state index contributed by atoms with van der Waals surface area (Å²) < 4.78 is 29.5. The third-order valence-electron chi connectivity index (χ3n) is 2.12. The number of allylic oxidation sites excluding steroid dienone is 3. The molecule has 0 aliphatic carbocycles. The summed E-state index contributed by atoms with van der Waals surface area (Å²) in [7, 11) is -4.35. The molecule has 1 heterocycles. The van der Waals surface area contributed by atoms with Gasteiger partial charge in [0.1, 0.15) is 4.58 Å². The number of rotatable bonds is 5. The molecular weight excluding hydrogens is 252 g/mol. The maximum atomic E-state index is 10.8. The lowest BCUT2D eigenvalue weighted by Gasteiger charge is -2.18.